The smallest absolute Gasteiger partial charge is 0.408 e. The van der Waals surface area contributed by atoms with Gasteiger partial charge in [-0.25, -0.2) is 9.59 Å². The first-order chi connectivity index (χ1) is 7.95. The minimum Gasteiger partial charge on any atom is -0.480 e. The zero-order chi connectivity index (χ0) is 13.0. The molecular weight excluding hydrogens is 226 g/mol. The minimum atomic E-state index is -1.38. The zero-order valence-electron chi connectivity index (χ0n) is 9.87. The molecule has 1 aliphatic carbocycles. The highest BCUT2D eigenvalue weighted by Gasteiger charge is 2.38. The Kier molecular flexibility index (Phi) is 4.74. The third-order valence-corrected chi connectivity index (χ3v) is 3.20. The molecule has 3 N–H and O–H groups in total. The number of carboxylic acid groups (broad SMARTS) is 2. The molecule has 0 aromatic rings. The molecule has 2 atom stereocenters. The van der Waals surface area contributed by atoms with Crippen LogP contribution in [0.4, 0.5) is 4.79 Å². The predicted octanol–water partition coefficient (Wildman–Crippen LogP) is 1.13. The second-order valence-electron chi connectivity index (χ2n) is 4.51. The number of amides is 1. The van der Waals surface area contributed by atoms with E-state index in [-0.39, 0.29) is 6.04 Å². The first-order valence-electron chi connectivity index (χ1n) is 5.87. The molecule has 0 aromatic heterocycles. The molecule has 6 heteroatoms. The van der Waals surface area contributed by atoms with Crippen molar-refractivity contribution in [3.8, 4) is 0 Å². The fourth-order valence-corrected chi connectivity index (χ4v) is 2.42. The Labute approximate surface area is 99.8 Å². The monoisotopic (exact) mass is 245 g/mol. The molecule has 98 valence electrons. The summed E-state index contributed by atoms with van der Waals surface area (Å²) in [7, 11) is 0. The number of aliphatic hydroxyl groups is 1. The fraction of sp³-hybridized carbons (Fsp3) is 0.818. The average molecular weight is 245 g/mol. The normalized spacial score (nSPS) is 20.6. The van der Waals surface area contributed by atoms with Gasteiger partial charge in [-0.1, -0.05) is 19.3 Å². The fourth-order valence-electron chi connectivity index (χ4n) is 2.42. The van der Waals surface area contributed by atoms with Crippen molar-refractivity contribution >= 4 is 12.1 Å². The summed E-state index contributed by atoms with van der Waals surface area (Å²) >= 11 is 0. The molecule has 1 fully saturated rings. The number of hydrogen-bond donors (Lipinski definition) is 3. The minimum absolute atomic E-state index is 0.294. The molecule has 1 aliphatic rings. The van der Waals surface area contributed by atoms with Gasteiger partial charge < -0.3 is 15.3 Å². The second kappa shape index (κ2) is 5.86. The Morgan fingerprint density at radius 2 is 1.71 bits per heavy atom. The van der Waals surface area contributed by atoms with E-state index in [1.165, 1.54) is 6.92 Å². The van der Waals surface area contributed by atoms with Gasteiger partial charge in [0.15, 0.2) is 6.04 Å². The quantitative estimate of drug-likeness (QED) is 0.689. The third-order valence-electron chi connectivity index (χ3n) is 3.20. The summed E-state index contributed by atoms with van der Waals surface area (Å²) in [5, 5.41) is 27.6. The van der Waals surface area contributed by atoms with Gasteiger partial charge >= 0.3 is 12.1 Å². The van der Waals surface area contributed by atoms with E-state index >= 15 is 0 Å². The summed E-state index contributed by atoms with van der Waals surface area (Å²) in [5.41, 5.74) is 0. The Bertz CT molecular complexity index is 286. The standard InChI is InChI=1S/C11H19NO5/c1-7(13)9(10(14)15)12(11(16)17)8-5-3-2-4-6-8/h7-9,13H,2-6H2,1H3,(H,14,15)(H,16,17)/t7-,9+/m1/s1. The number of aliphatic carboxylic acids is 1. The van der Waals surface area contributed by atoms with E-state index in [1.54, 1.807) is 0 Å². The van der Waals surface area contributed by atoms with Crippen molar-refractivity contribution in [1.29, 1.82) is 0 Å². The SMILES string of the molecule is C[C@@H](O)[C@@H](C(=O)O)N(C(=O)O)C1CCCCC1. The molecule has 6 nitrogen and oxygen atoms in total. The number of aliphatic hydroxyl groups excluding tert-OH is 1. The van der Waals surface area contributed by atoms with E-state index in [2.05, 4.69) is 0 Å². The van der Waals surface area contributed by atoms with E-state index in [4.69, 9.17) is 10.2 Å². The molecule has 0 heterocycles. The highest BCUT2D eigenvalue weighted by molar-refractivity contribution is 5.80. The van der Waals surface area contributed by atoms with E-state index < -0.39 is 24.2 Å². The largest absolute Gasteiger partial charge is 0.480 e. The molecule has 0 radical (unpaired) electrons. The van der Waals surface area contributed by atoms with E-state index in [0.29, 0.717) is 12.8 Å². The maximum Gasteiger partial charge on any atom is 0.408 e. The number of carbonyl (C=O) groups is 2. The van der Waals surface area contributed by atoms with E-state index in [1.807, 2.05) is 0 Å². The predicted molar refractivity (Wildman–Crippen MR) is 59.8 cm³/mol. The third kappa shape index (κ3) is 3.33. The van der Waals surface area contributed by atoms with Gasteiger partial charge in [0.2, 0.25) is 0 Å². The van der Waals surface area contributed by atoms with E-state index in [9.17, 15) is 14.7 Å². The Balaban J connectivity index is 2.89. The summed E-state index contributed by atoms with van der Waals surface area (Å²) in [4.78, 5) is 23.2. The first-order valence-corrected chi connectivity index (χ1v) is 5.87. The van der Waals surface area contributed by atoms with Crippen molar-refractivity contribution in [2.45, 2.75) is 57.2 Å². The molecular formula is C11H19NO5. The summed E-state index contributed by atoms with van der Waals surface area (Å²) in [5.74, 6) is -1.30. The molecule has 0 unspecified atom stereocenters. The zero-order valence-corrected chi connectivity index (χ0v) is 9.87. The van der Waals surface area contributed by atoms with Crippen LogP contribution in [0.1, 0.15) is 39.0 Å². The lowest BCUT2D eigenvalue weighted by Crippen LogP contribution is -2.55. The van der Waals surface area contributed by atoms with Crippen LogP contribution in [-0.2, 0) is 4.79 Å². The van der Waals surface area contributed by atoms with Gasteiger partial charge in [0, 0.05) is 6.04 Å². The van der Waals surface area contributed by atoms with Gasteiger partial charge in [-0.2, -0.15) is 0 Å². The maximum absolute atomic E-state index is 11.2. The summed E-state index contributed by atoms with van der Waals surface area (Å²) in [6, 6.07) is -1.67. The first kappa shape index (κ1) is 13.8. The lowest BCUT2D eigenvalue weighted by molar-refractivity contribution is -0.147. The van der Waals surface area contributed by atoms with Crippen molar-refractivity contribution < 1.29 is 24.9 Å². The van der Waals surface area contributed by atoms with Gasteiger partial charge in [-0.05, 0) is 19.8 Å². The highest BCUT2D eigenvalue weighted by atomic mass is 16.4. The van der Waals surface area contributed by atoms with Crippen LogP contribution in [-0.4, -0.2) is 50.5 Å². The van der Waals surface area contributed by atoms with Gasteiger partial charge in [-0.3, -0.25) is 4.90 Å². The number of nitrogens with zero attached hydrogens (tertiary/aromatic N) is 1. The van der Waals surface area contributed by atoms with Crippen molar-refractivity contribution in [2.75, 3.05) is 0 Å². The lowest BCUT2D eigenvalue weighted by Gasteiger charge is -2.37. The van der Waals surface area contributed by atoms with Gasteiger partial charge in [0.05, 0.1) is 6.10 Å². The summed E-state index contributed by atoms with van der Waals surface area (Å²) in [6.07, 6.45) is 1.71. The van der Waals surface area contributed by atoms with Gasteiger partial charge in [0.25, 0.3) is 0 Å². The van der Waals surface area contributed by atoms with Crippen LogP contribution in [0.5, 0.6) is 0 Å². The number of rotatable bonds is 4. The van der Waals surface area contributed by atoms with Crippen molar-refractivity contribution in [1.82, 2.24) is 4.90 Å². The summed E-state index contributed by atoms with van der Waals surface area (Å²) in [6.45, 7) is 1.30. The molecule has 1 amide bonds. The van der Waals surface area contributed by atoms with Crippen LogP contribution >= 0.6 is 0 Å². The Morgan fingerprint density at radius 1 is 1.18 bits per heavy atom. The second-order valence-corrected chi connectivity index (χ2v) is 4.51. The molecule has 0 aliphatic heterocycles. The molecule has 0 spiro atoms. The van der Waals surface area contributed by atoms with Crippen molar-refractivity contribution in [3.05, 3.63) is 0 Å². The van der Waals surface area contributed by atoms with Crippen molar-refractivity contribution in [3.63, 3.8) is 0 Å². The molecule has 0 aromatic carbocycles. The van der Waals surface area contributed by atoms with Crippen LogP contribution in [0, 0.1) is 0 Å². The number of hydrogen-bond acceptors (Lipinski definition) is 3. The Hall–Kier alpha value is -1.30. The molecule has 0 saturated heterocycles. The van der Waals surface area contributed by atoms with Crippen LogP contribution < -0.4 is 0 Å². The van der Waals surface area contributed by atoms with Gasteiger partial charge in [0.1, 0.15) is 0 Å². The summed E-state index contributed by atoms with van der Waals surface area (Å²) < 4.78 is 0. The van der Waals surface area contributed by atoms with Gasteiger partial charge in [-0.15, -0.1) is 0 Å². The van der Waals surface area contributed by atoms with E-state index in [0.717, 1.165) is 24.2 Å². The topological polar surface area (TPSA) is 98.1 Å². The Morgan fingerprint density at radius 3 is 2.06 bits per heavy atom. The number of carboxylic acids is 1. The van der Waals surface area contributed by atoms with Crippen LogP contribution in [0.15, 0.2) is 0 Å². The van der Waals surface area contributed by atoms with Crippen LogP contribution in [0.3, 0.4) is 0 Å². The average Bonchev–Trinajstić information content (AvgIpc) is 2.25. The van der Waals surface area contributed by atoms with Crippen molar-refractivity contribution in [2.24, 2.45) is 0 Å². The van der Waals surface area contributed by atoms with Crippen LogP contribution in [0.25, 0.3) is 0 Å². The van der Waals surface area contributed by atoms with Crippen LogP contribution in [0.2, 0.25) is 0 Å². The molecule has 1 rings (SSSR count). The molecule has 0 bridgehead atoms. The molecule has 17 heavy (non-hydrogen) atoms. The highest BCUT2D eigenvalue weighted by Crippen LogP contribution is 2.25. The maximum atomic E-state index is 11.2. The lowest BCUT2D eigenvalue weighted by atomic mass is 9.92. The molecule has 1 saturated carbocycles.